The molecule has 2 aromatic heterocycles. The number of aliphatic hydroxyl groups excluding tert-OH is 1. The Labute approximate surface area is 226 Å². The Morgan fingerprint density at radius 1 is 1.14 bits per heavy atom. The van der Waals surface area contributed by atoms with Gasteiger partial charge in [0, 0.05) is 11.2 Å². The first-order valence-corrected chi connectivity index (χ1v) is 12.9. The van der Waals surface area contributed by atoms with Crippen molar-refractivity contribution in [3.8, 4) is 5.75 Å². The highest BCUT2D eigenvalue weighted by Gasteiger charge is 2.49. The summed E-state index contributed by atoms with van der Waals surface area (Å²) in [7, 11) is 1.38. The first-order valence-electron chi connectivity index (χ1n) is 11.4. The highest BCUT2D eigenvalue weighted by molar-refractivity contribution is 7.22. The highest BCUT2D eigenvalue weighted by Crippen LogP contribution is 2.46. The van der Waals surface area contributed by atoms with Crippen molar-refractivity contribution in [2.24, 2.45) is 0 Å². The molecular formula is C27H21Cl2N3O4S. The van der Waals surface area contributed by atoms with Gasteiger partial charge in [0.05, 0.1) is 39.2 Å². The Kier molecular flexibility index (Phi) is 6.66. The second-order valence-corrected chi connectivity index (χ2v) is 10.6. The number of Topliss-reactive ketones (excluding diaryl/α,β-unsaturated/α-hetero) is 1. The number of hydrogen-bond acceptors (Lipinski definition) is 7. The lowest BCUT2D eigenvalue weighted by molar-refractivity contribution is -0.132. The Hall–Kier alpha value is -3.46. The van der Waals surface area contributed by atoms with E-state index in [0.29, 0.717) is 22.3 Å². The number of pyridine rings is 1. The standard InChI is InChI=1S/C27H21Cl2N3O4S/c1-13(2)14-7-8-18-20(10-14)37-27(31-18)32-22(19-6-4-5-9-30-19)21(24(34)26(32)35)23(33)16-11-15(28)12-17(29)25(16)36-3/h4-13,22,33H,1-3H3/b23-21+. The predicted octanol–water partition coefficient (Wildman–Crippen LogP) is 6.76. The smallest absolute Gasteiger partial charge is 0.301 e. The van der Waals surface area contributed by atoms with Crippen LogP contribution < -0.4 is 9.64 Å². The molecule has 0 bridgehead atoms. The maximum atomic E-state index is 13.5. The fraction of sp³-hybridized carbons (Fsp3) is 0.185. The van der Waals surface area contributed by atoms with E-state index in [9.17, 15) is 14.7 Å². The molecule has 7 nitrogen and oxygen atoms in total. The Bertz CT molecular complexity index is 1580. The van der Waals surface area contributed by atoms with Crippen molar-refractivity contribution in [3.05, 3.63) is 87.2 Å². The first-order chi connectivity index (χ1) is 17.7. The van der Waals surface area contributed by atoms with E-state index in [2.05, 4.69) is 23.8 Å². The molecule has 4 aromatic rings. The second-order valence-electron chi connectivity index (χ2n) is 8.77. The van der Waals surface area contributed by atoms with E-state index >= 15 is 0 Å². The molecule has 1 saturated heterocycles. The van der Waals surface area contributed by atoms with Gasteiger partial charge in [-0.2, -0.15) is 0 Å². The molecule has 2 aromatic carbocycles. The number of rotatable bonds is 5. The van der Waals surface area contributed by atoms with Crippen LogP contribution in [0.25, 0.3) is 16.0 Å². The van der Waals surface area contributed by atoms with E-state index in [1.54, 1.807) is 24.4 Å². The number of fused-ring (bicyclic) bond motifs is 1. The van der Waals surface area contributed by atoms with Crippen LogP contribution >= 0.6 is 34.5 Å². The van der Waals surface area contributed by atoms with Crippen LogP contribution in [0.5, 0.6) is 5.75 Å². The van der Waals surface area contributed by atoms with Gasteiger partial charge in [-0.05, 0) is 47.9 Å². The normalized spacial score (nSPS) is 17.2. The van der Waals surface area contributed by atoms with Gasteiger partial charge in [0.15, 0.2) is 5.13 Å². The lowest BCUT2D eigenvalue weighted by atomic mass is 9.98. The van der Waals surface area contributed by atoms with E-state index in [1.807, 2.05) is 18.2 Å². The van der Waals surface area contributed by atoms with Crippen LogP contribution in [0.4, 0.5) is 5.13 Å². The average Bonchev–Trinajstić information content (AvgIpc) is 3.41. The molecule has 1 amide bonds. The molecule has 188 valence electrons. The summed E-state index contributed by atoms with van der Waals surface area (Å²) in [6.45, 7) is 4.19. The van der Waals surface area contributed by atoms with Gasteiger partial charge in [-0.3, -0.25) is 19.5 Å². The second kappa shape index (κ2) is 9.78. The zero-order valence-corrected chi connectivity index (χ0v) is 22.4. The minimum absolute atomic E-state index is 0.0878. The Morgan fingerprint density at radius 2 is 1.92 bits per heavy atom. The monoisotopic (exact) mass is 553 g/mol. The average molecular weight is 554 g/mol. The van der Waals surface area contributed by atoms with Gasteiger partial charge < -0.3 is 9.84 Å². The van der Waals surface area contributed by atoms with Crippen LogP contribution in [0.15, 0.2) is 60.3 Å². The van der Waals surface area contributed by atoms with Gasteiger partial charge in [-0.1, -0.05) is 60.5 Å². The molecule has 10 heteroatoms. The third-order valence-electron chi connectivity index (χ3n) is 6.15. The van der Waals surface area contributed by atoms with Gasteiger partial charge in [0.25, 0.3) is 5.78 Å². The van der Waals surface area contributed by atoms with Crippen molar-refractivity contribution >= 4 is 67.3 Å². The zero-order chi connectivity index (χ0) is 26.4. The van der Waals surface area contributed by atoms with E-state index in [0.717, 1.165) is 10.3 Å². The van der Waals surface area contributed by atoms with Crippen molar-refractivity contribution in [2.45, 2.75) is 25.8 Å². The zero-order valence-electron chi connectivity index (χ0n) is 20.0. The van der Waals surface area contributed by atoms with Crippen molar-refractivity contribution in [1.29, 1.82) is 0 Å². The largest absolute Gasteiger partial charge is 0.507 e. The number of thiazole rings is 1. The fourth-order valence-electron chi connectivity index (χ4n) is 4.33. The number of nitrogens with zero attached hydrogens (tertiary/aromatic N) is 3. The number of carbonyl (C=O) groups is 2. The van der Waals surface area contributed by atoms with Crippen molar-refractivity contribution in [3.63, 3.8) is 0 Å². The Balaban J connectivity index is 1.74. The van der Waals surface area contributed by atoms with Crippen LogP contribution in [0.1, 0.15) is 42.6 Å². The molecule has 0 radical (unpaired) electrons. The third kappa shape index (κ3) is 4.35. The minimum Gasteiger partial charge on any atom is -0.507 e. The molecule has 1 aliphatic rings. The number of amides is 1. The maximum absolute atomic E-state index is 13.5. The first kappa shape index (κ1) is 25.2. The summed E-state index contributed by atoms with van der Waals surface area (Å²) in [4.78, 5) is 37.3. The molecule has 1 fully saturated rings. The molecule has 0 spiro atoms. The van der Waals surface area contributed by atoms with Crippen molar-refractivity contribution in [1.82, 2.24) is 9.97 Å². The summed E-state index contributed by atoms with van der Waals surface area (Å²) < 4.78 is 6.26. The number of methoxy groups -OCH3 is 1. The number of aliphatic hydroxyl groups is 1. The van der Waals surface area contributed by atoms with Gasteiger partial charge >= 0.3 is 5.91 Å². The van der Waals surface area contributed by atoms with Crippen LogP contribution in [-0.4, -0.2) is 33.9 Å². The maximum Gasteiger partial charge on any atom is 0.301 e. The number of benzene rings is 2. The SMILES string of the molecule is COc1c(Cl)cc(Cl)cc1/C(O)=C1\C(=O)C(=O)N(c2nc3ccc(C(C)C)cc3s2)C1c1ccccn1. The summed E-state index contributed by atoms with van der Waals surface area (Å²) >= 11 is 13.8. The summed E-state index contributed by atoms with van der Waals surface area (Å²) in [5.41, 5.74) is 2.15. The van der Waals surface area contributed by atoms with E-state index in [-0.39, 0.29) is 26.9 Å². The summed E-state index contributed by atoms with van der Waals surface area (Å²) in [5, 5.41) is 12.1. The van der Waals surface area contributed by atoms with Crippen LogP contribution in [0.3, 0.4) is 0 Å². The van der Waals surface area contributed by atoms with Gasteiger partial charge in [0.2, 0.25) is 0 Å². The number of ketones is 1. The molecule has 37 heavy (non-hydrogen) atoms. The Morgan fingerprint density at radius 3 is 2.59 bits per heavy atom. The summed E-state index contributed by atoms with van der Waals surface area (Å²) in [6, 6.07) is 12.9. The minimum atomic E-state index is -1.03. The molecule has 5 rings (SSSR count). The van der Waals surface area contributed by atoms with Crippen molar-refractivity contribution < 1.29 is 19.4 Å². The van der Waals surface area contributed by atoms with E-state index < -0.39 is 23.5 Å². The van der Waals surface area contributed by atoms with Gasteiger partial charge in [-0.25, -0.2) is 4.98 Å². The topological polar surface area (TPSA) is 92.6 Å². The number of aromatic nitrogens is 2. The van der Waals surface area contributed by atoms with Gasteiger partial charge in [0.1, 0.15) is 17.6 Å². The molecule has 1 aliphatic heterocycles. The van der Waals surface area contributed by atoms with E-state index in [1.165, 1.54) is 35.5 Å². The lowest BCUT2D eigenvalue weighted by Gasteiger charge is -2.22. The number of hydrogen-bond donors (Lipinski definition) is 1. The molecule has 0 saturated carbocycles. The molecule has 1 atom stereocenters. The highest BCUT2D eigenvalue weighted by atomic mass is 35.5. The number of anilines is 1. The van der Waals surface area contributed by atoms with Gasteiger partial charge in [-0.15, -0.1) is 0 Å². The van der Waals surface area contributed by atoms with Crippen LogP contribution in [0, 0.1) is 0 Å². The molecule has 1 unspecified atom stereocenters. The van der Waals surface area contributed by atoms with Crippen molar-refractivity contribution in [2.75, 3.05) is 12.0 Å². The quantitative estimate of drug-likeness (QED) is 0.167. The molecular weight excluding hydrogens is 533 g/mol. The third-order valence-corrected chi connectivity index (χ3v) is 7.67. The summed E-state index contributed by atoms with van der Waals surface area (Å²) in [5.74, 6) is -1.74. The molecule has 3 heterocycles. The predicted molar refractivity (Wildman–Crippen MR) is 146 cm³/mol. The van der Waals surface area contributed by atoms with Crippen LogP contribution in [0.2, 0.25) is 10.0 Å². The number of ether oxygens (including phenoxy) is 1. The molecule has 0 aliphatic carbocycles. The molecule has 1 N–H and O–H groups in total. The summed E-state index contributed by atoms with van der Waals surface area (Å²) in [6.07, 6.45) is 1.56. The fourth-order valence-corrected chi connectivity index (χ4v) is 5.94. The number of halogens is 2. The van der Waals surface area contributed by atoms with E-state index in [4.69, 9.17) is 27.9 Å². The number of carbonyl (C=O) groups excluding carboxylic acids is 2. The van der Waals surface area contributed by atoms with Crippen LogP contribution in [-0.2, 0) is 9.59 Å². The lowest BCUT2D eigenvalue weighted by Crippen LogP contribution is -2.29.